The first-order valence-corrected chi connectivity index (χ1v) is 10.5. The molecule has 0 radical (unpaired) electrons. The number of hydrogen-bond acceptors (Lipinski definition) is 8. The van der Waals surface area contributed by atoms with Gasteiger partial charge in [0.25, 0.3) is 0 Å². The average Bonchev–Trinajstić information content (AvgIpc) is 3.03. The highest BCUT2D eigenvalue weighted by molar-refractivity contribution is 7.90. The second-order valence-corrected chi connectivity index (χ2v) is 9.76. The Morgan fingerprint density at radius 1 is 1.42 bits per heavy atom. The first kappa shape index (κ1) is 17.7. The van der Waals surface area contributed by atoms with E-state index in [4.69, 9.17) is 22.1 Å². The summed E-state index contributed by atoms with van der Waals surface area (Å²) in [4.78, 5) is 14.0. The Balaban J connectivity index is 1.91. The molecule has 0 spiro atoms. The Kier molecular flexibility index (Phi) is 4.18. The van der Waals surface area contributed by atoms with Crippen LogP contribution >= 0.6 is 22.9 Å². The molecule has 2 aromatic rings. The summed E-state index contributed by atoms with van der Waals surface area (Å²) in [7, 11) is -2.26. The summed E-state index contributed by atoms with van der Waals surface area (Å²) >= 11 is 7.88. The van der Waals surface area contributed by atoms with Crippen LogP contribution < -0.4 is 5.73 Å². The second-order valence-electron chi connectivity index (χ2n) is 6.15. The van der Waals surface area contributed by atoms with E-state index < -0.39 is 20.8 Å². The number of rotatable bonds is 2. The molecule has 26 heavy (non-hydrogen) atoms. The van der Waals surface area contributed by atoms with Crippen LogP contribution in [-0.2, 0) is 20.3 Å². The second kappa shape index (κ2) is 6.15. The van der Waals surface area contributed by atoms with Crippen LogP contribution in [0.4, 0.5) is 0 Å². The van der Waals surface area contributed by atoms with Crippen molar-refractivity contribution in [3.63, 3.8) is 0 Å². The summed E-state index contributed by atoms with van der Waals surface area (Å²) in [6.45, 7) is 0.452. The maximum absolute atomic E-state index is 13.0. The molecule has 2 aromatic heterocycles. The Bertz CT molecular complexity index is 978. The molecule has 0 aliphatic carbocycles. The van der Waals surface area contributed by atoms with E-state index in [-0.39, 0.29) is 12.6 Å². The van der Waals surface area contributed by atoms with Gasteiger partial charge in [-0.25, -0.2) is 27.7 Å². The first-order valence-electron chi connectivity index (χ1n) is 7.82. The van der Waals surface area contributed by atoms with Gasteiger partial charge >= 0.3 is 0 Å². The van der Waals surface area contributed by atoms with E-state index >= 15 is 0 Å². The third kappa shape index (κ3) is 2.51. The predicted octanol–water partition coefficient (Wildman–Crippen LogP) is 1.43. The lowest BCUT2D eigenvalue weighted by molar-refractivity contribution is 0.0390. The number of ether oxygens (including phenoxy) is 1. The molecule has 2 aliphatic heterocycles. The lowest BCUT2D eigenvalue weighted by Crippen LogP contribution is -2.60. The molecule has 1 fully saturated rings. The summed E-state index contributed by atoms with van der Waals surface area (Å²) in [6, 6.07) is 1.78. The number of aliphatic imine (C=N–C) groups is 1. The van der Waals surface area contributed by atoms with Crippen molar-refractivity contribution in [2.24, 2.45) is 10.7 Å². The highest BCUT2D eigenvalue weighted by Crippen LogP contribution is 2.49. The molecule has 2 aliphatic rings. The zero-order chi connectivity index (χ0) is 18.5. The largest absolute Gasteiger partial charge is 0.378 e. The number of aromatic nitrogens is 2. The zero-order valence-electron chi connectivity index (χ0n) is 13.8. The molecule has 4 rings (SSSR count). The van der Waals surface area contributed by atoms with Gasteiger partial charge in [-0.15, -0.1) is 11.3 Å². The fourth-order valence-corrected chi connectivity index (χ4v) is 6.88. The maximum Gasteiger partial charge on any atom is 0.243 e. The summed E-state index contributed by atoms with van der Waals surface area (Å²) in [5.41, 5.74) is 5.58. The number of guanidine groups is 1. The van der Waals surface area contributed by atoms with Crippen molar-refractivity contribution in [2.75, 3.05) is 20.3 Å². The number of fused-ring (bicyclic) bond motifs is 1. The summed E-state index contributed by atoms with van der Waals surface area (Å²) in [5, 5.41) is -0.349. The molecule has 2 unspecified atom stereocenters. The highest BCUT2D eigenvalue weighted by Gasteiger charge is 2.56. The monoisotopic (exact) mass is 413 g/mol. The predicted molar refractivity (Wildman–Crippen MR) is 99.6 cm³/mol. The van der Waals surface area contributed by atoms with E-state index in [9.17, 15) is 8.42 Å². The summed E-state index contributed by atoms with van der Waals surface area (Å²) < 4.78 is 32.6. The van der Waals surface area contributed by atoms with Crippen molar-refractivity contribution in [3.05, 3.63) is 34.7 Å². The standard InChI is InChI=1S/C15H16ClN5O3S2/c1-21-14(17)20-15(7-24-3-2-12(15)26(21,22)23)13-10(16)4-11(25-13)9-5-18-8-19-6-9/h4-6,8,12H,2-3,7H2,1H3,(H2,17,20). The molecule has 0 amide bonds. The molecule has 0 aromatic carbocycles. The van der Waals surface area contributed by atoms with Crippen LogP contribution in [0.15, 0.2) is 29.8 Å². The van der Waals surface area contributed by atoms with Gasteiger partial charge in [0, 0.05) is 36.5 Å². The average molecular weight is 414 g/mol. The summed E-state index contributed by atoms with van der Waals surface area (Å²) in [5.74, 6) is -0.0687. The number of halogens is 1. The van der Waals surface area contributed by atoms with Crippen LogP contribution in [0.5, 0.6) is 0 Å². The van der Waals surface area contributed by atoms with Gasteiger partial charge in [0.05, 0.1) is 16.5 Å². The lowest BCUT2D eigenvalue weighted by Gasteiger charge is -2.45. The van der Waals surface area contributed by atoms with E-state index in [0.29, 0.717) is 22.9 Å². The number of thiophene rings is 1. The molecular weight excluding hydrogens is 398 g/mol. The molecule has 2 N–H and O–H groups in total. The van der Waals surface area contributed by atoms with Crippen molar-refractivity contribution < 1.29 is 13.2 Å². The lowest BCUT2D eigenvalue weighted by atomic mass is 9.90. The molecule has 11 heteroatoms. The van der Waals surface area contributed by atoms with Crippen molar-refractivity contribution in [2.45, 2.75) is 17.2 Å². The Morgan fingerprint density at radius 3 is 2.88 bits per heavy atom. The van der Waals surface area contributed by atoms with Gasteiger partial charge < -0.3 is 10.5 Å². The van der Waals surface area contributed by atoms with E-state index in [1.807, 2.05) is 0 Å². The van der Waals surface area contributed by atoms with E-state index in [1.165, 1.54) is 24.7 Å². The fourth-order valence-electron chi connectivity index (χ4n) is 3.34. The highest BCUT2D eigenvalue weighted by atomic mass is 35.5. The molecule has 138 valence electrons. The van der Waals surface area contributed by atoms with Gasteiger partial charge in [-0.1, -0.05) is 11.6 Å². The Labute approximate surface area is 159 Å². The zero-order valence-corrected chi connectivity index (χ0v) is 16.2. The van der Waals surface area contributed by atoms with Gasteiger partial charge in [-0.05, 0) is 12.5 Å². The quantitative estimate of drug-likeness (QED) is 0.797. The third-order valence-electron chi connectivity index (χ3n) is 4.68. The Morgan fingerprint density at radius 2 is 2.15 bits per heavy atom. The maximum atomic E-state index is 13.0. The number of nitrogens with two attached hydrogens (primary N) is 1. The molecule has 1 saturated heterocycles. The van der Waals surface area contributed by atoms with Crippen LogP contribution in [0.25, 0.3) is 10.4 Å². The van der Waals surface area contributed by atoms with Gasteiger partial charge in [0.2, 0.25) is 16.0 Å². The van der Waals surface area contributed by atoms with E-state index in [0.717, 1.165) is 14.7 Å². The topological polar surface area (TPSA) is 111 Å². The van der Waals surface area contributed by atoms with Crippen molar-refractivity contribution in [3.8, 4) is 10.4 Å². The van der Waals surface area contributed by atoms with Crippen LogP contribution in [0.3, 0.4) is 0 Å². The van der Waals surface area contributed by atoms with Crippen LogP contribution in [0, 0.1) is 0 Å². The molecule has 8 nitrogen and oxygen atoms in total. The first-order chi connectivity index (χ1) is 12.4. The van der Waals surface area contributed by atoms with Gasteiger partial charge in [0.1, 0.15) is 17.1 Å². The SMILES string of the molecule is CN1C(N)=NC2(c3sc(-c4cncnc4)cc3Cl)COCCC2S1(=O)=O. The number of hydrogen-bond donors (Lipinski definition) is 1. The van der Waals surface area contributed by atoms with Gasteiger partial charge in [-0.3, -0.25) is 0 Å². The van der Waals surface area contributed by atoms with E-state index in [2.05, 4.69) is 15.0 Å². The van der Waals surface area contributed by atoms with Crippen LogP contribution in [-0.4, -0.2) is 54.2 Å². The van der Waals surface area contributed by atoms with Gasteiger partial charge in [0.15, 0.2) is 0 Å². The van der Waals surface area contributed by atoms with E-state index in [1.54, 1.807) is 18.5 Å². The van der Waals surface area contributed by atoms with Gasteiger partial charge in [-0.2, -0.15) is 0 Å². The normalized spacial score (nSPS) is 27.7. The molecule has 4 heterocycles. The molecule has 0 saturated carbocycles. The van der Waals surface area contributed by atoms with Crippen LogP contribution in [0.2, 0.25) is 5.02 Å². The third-order valence-corrected chi connectivity index (χ3v) is 8.74. The minimum atomic E-state index is -3.67. The van der Waals surface area contributed by atoms with Crippen molar-refractivity contribution >= 4 is 38.9 Å². The summed E-state index contributed by atoms with van der Waals surface area (Å²) in [6.07, 6.45) is 5.11. The van der Waals surface area contributed by atoms with Crippen molar-refractivity contribution in [1.29, 1.82) is 0 Å². The minimum Gasteiger partial charge on any atom is -0.378 e. The molecule has 0 bridgehead atoms. The number of nitrogens with zero attached hydrogens (tertiary/aromatic N) is 4. The number of sulfonamides is 1. The fraction of sp³-hybridized carbons (Fsp3) is 0.400. The van der Waals surface area contributed by atoms with Crippen LogP contribution in [0.1, 0.15) is 11.3 Å². The molecular formula is C15H16ClN5O3S2. The minimum absolute atomic E-state index is 0.0687. The van der Waals surface area contributed by atoms with Crippen molar-refractivity contribution in [1.82, 2.24) is 14.3 Å². The Hall–Kier alpha value is -1.75. The molecule has 2 atom stereocenters. The smallest absolute Gasteiger partial charge is 0.243 e.